The zero-order chi connectivity index (χ0) is 10.6. The van der Waals surface area contributed by atoms with E-state index in [0.29, 0.717) is 5.69 Å². The number of aryl methyl sites for hydroxylation is 1. The standard InChI is InChI=1S/C10H14FNO2/c1-7-3-2-4-9(11)10(7)12-5-8(14)6-13/h2-4,8,12-14H,5-6H2,1H3. The molecule has 1 aromatic rings. The lowest BCUT2D eigenvalue weighted by molar-refractivity contribution is 0.105. The molecule has 0 bridgehead atoms. The van der Waals surface area contributed by atoms with Gasteiger partial charge >= 0.3 is 0 Å². The van der Waals surface area contributed by atoms with E-state index in [1.165, 1.54) is 6.07 Å². The van der Waals surface area contributed by atoms with Gasteiger partial charge in [0.05, 0.1) is 18.4 Å². The maximum Gasteiger partial charge on any atom is 0.146 e. The van der Waals surface area contributed by atoms with E-state index in [1.54, 1.807) is 19.1 Å². The van der Waals surface area contributed by atoms with Crippen molar-refractivity contribution < 1.29 is 14.6 Å². The van der Waals surface area contributed by atoms with Gasteiger partial charge in [0, 0.05) is 6.54 Å². The first-order valence-corrected chi connectivity index (χ1v) is 4.43. The second-order valence-electron chi connectivity index (χ2n) is 3.15. The van der Waals surface area contributed by atoms with Gasteiger partial charge in [-0.3, -0.25) is 0 Å². The number of hydrogen-bond donors (Lipinski definition) is 3. The fourth-order valence-electron chi connectivity index (χ4n) is 1.14. The van der Waals surface area contributed by atoms with E-state index in [4.69, 9.17) is 10.2 Å². The monoisotopic (exact) mass is 199 g/mol. The molecule has 78 valence electrons. The van der Waals surface area contributed by atoms with Gasteiger partial charge in [0.25, 0.3) is 0 Å². The quantitative estimate of drug-likeness (QED) is 0.675. The number of aliphatic hydroxyl groups is 2. The van der Waals surface area contributed by atoms with Crippen molar-refractivity contribution in [1.82, 2.24) is 0 Å². The predicted octanol–water partition coefficient (Wildman–Crippen LogP) is 0.899. The summed E-state index contributed by atoms with van der Waals surface area (Å²) >= 11 is 0. The van der Waals surface area contributed by atoms with Crippen LogP contribution in [-0.2, 0) is 0 Å². The molecule has 1 unspecified atom stereocenters. The minimum absolute atomic E-state index is 0.137. The zero-order valence-corrected chi connectivity index (χ0v) is 8.00. The van der Waals surface area contributed by atoms with Gasteiger partial charge in [0.1, 0.15) is 5.82 Å². The molecule has 0 aromatic heterocycles. The van der Waals surface area contributed by atoms with Crippen LogP contribution in [0.15, 0.2) is 18.2 Å². The van der Waals surface area contributed by atoms with Gasteiger partial charge in [0.2, 0.25) is 0 Å². The Morgan fingerprint density at radius 3 is 2.79 bits per heavy atom. The van der Waals surface area contributed by atoms with E-state index in [2.05, 4.69) is 5.32 Å². The van der Waals surface area contributed by atoms with Gasteiger partial charge in [-0.05, 0) is 18.6 Å². The van der Waals surface area contributed by atoms with E-state index in [9.17, 15) is 4.39 Å². The summed E-state index contributed by atoms with van der Waals surface area (Å²) in [6, 6.07) is 4.75. The van der Waals surface area contributed by atoms with Crippen LogP contribution in [0.2, 0.25) is 0 Å². The highest BCUT2D eigenvalue weighted by atomic mass is 19.1. The molecule has 4 heteroatoms. The van der Waals surface area contributed by atoms with Crippen LogP contribution in [0.5, 0.6) is 0 Å². The molecule has 0 aliphatic carbocycles. The van der Waals surface area contributed by atoms with Gasteiger partial charge in [0.15, 0.2) is 0 Å². The largest absolute Gasteiger partial charge is 0.394 e. The van der Waals surface area contributed by atoms with Crippen molar-refractivity contribution in [3.63, 3.8) is 0 Å². The van der Waals surface area contributed by atoms with Crippen LogP contribution in [0.4, 0.5) is 10.1 Å². The Kier molecular flexibility index (Phi) is 3.85. The molecule has 14 heavy (non-hydrogen) atoms. The third kappa shape index (κ3) is 2.68. The molecule has 0 saturated carbocycles. The number of nitrogens with one attached hydrogen (secondary N) is 1. The van der Waals surface area contributed by atoms with Crippen LogP contribution in [-0.4, -0.2) is 29.5 Å². The Bertz CT molecular complexity index is 284. The molecule has 1 atom stereocenters. The lowest BCUT2D eigenvalue weighted by Gasteiger charge is -2.12. The minimum atomic E-state index is -0.867. The Balaban J connectivity index is 2.66. The molecule has 0 heterocycles. The summed E-state index contributed by atoms with van der Waals surface area (Å²) in [5.74, 6) is -0.352. The number of aliphatic hydroxyl groups excluding tert-OH is 2. The fourth-order valence-corrected chi connectivity index (χ4v) is 1.14. The van der Waals surface area contributed by atoms with Gasteiger partial charge < -0.3 is 15.5 Å². The van der Waals surface area contributed by atoms with Crippen molar-refractivity contribution in [1.29, 1.82) is 0 Å². The number of hydrogen-bond acceptors (Lipinski definition) is 3. The van der Waals surface area contributed by atoms with Crippen LogP contribution in [0.25, 0.3) is 0 Å². The first-order chi connectivity index (χ1) is 6.65. The lowest BCUT2D eigenvalue weighted by atomic mass is 10.2. The molecule has 0 radical (unpaired) electrons. The van der Waals surface area contributed by atoms with Crippen LogP contribution in [0.3, 0.4) is 0 Å². The van der Waals surface area contributed by atoms with Crippen molar-refractivity contribution in [2.75, 3.05) is 18.5 Å². The molecule has 0 amide bonds. The average molecular weight is 199 g/mol. The Hall–Kier alpha value is -1.13. The molecule has 3 nitrogen and oxygen atoms in total. The molecule has 0 spiro atoms. The van der Waals surface area contributed by atoms with Crippen LogP contribution in [0.1, 0.15) is 5.56 Å². The van der Waals surface area contributed by atoms with E-state index >= 15 is 0 Å². The Morgan fingerprint density at radius 2 is 2.21 bits per heavy atom. The molecule has 1 aromatic carbocycles. The number of anilines is 1. The highest BCUT2D eigenvalue weighted by Crippen LogP contribution is 2.18. The smallest absolute Gasteiger partial charge is 0.146 e. The second-order valence-corrected chi connectivity index (χ2v) is 3.15. The molecule has 0 aliphatic heterocycles. The summed E-state index contributed by atoms with van der Waals surface area (Å²) < 4.78 is 13.2. The minimum Gasteiger partial charge on any atom is -0.394 e. The maximum atomic E-state index is 13.2. The summed E-state index contributed by atoms with van der Waals surface area (Å²) in [7, 11) is 0. The van der Waals surface area contributed by atoms with Crippen molar-refractivity contribution in [3.8, 4) is 0 Å². The lowest BCUT2D eigenvalue weighted by Crippen LogP contribution is -2.23. The molecule has 0 aliphatic rings. The molecule has 0 saturated heterocycles. The van der Waals surface area contributed by atoms with Crippen molar-refractivity contribution >= 4 is 5.69 Å². The first kappa shape index (κ1) is 10.9. The van der Waals surface area contributed by atoms with Crippen molar-refractivity contribution in [3.05, 3.63) is 29.6 Å². The molecule has 1 rings (SSSR count). The number of para-hydroxylation sites is 1. The predicted molar refractivity (Wildman–Crippen MR) is 52.7 cm³/mol. The molecule has 3 N–H and O–H groups in total. The Morgan fingerprint density at radius 1 is 1.50 bits per heavy atom. The van der Waals surface area contributed by atoms with Crippen molar-refractivity contribution in [2.45, 2.75) is 13.0 Å². The SMILES string of the molecule is Cc1cccc(F)c1NCC(O)CO. The number of rotatable bonds is 4. The summed E-state index contributed by atoms with van der Waals surface area (Å²) in [5.41, 5.74) is 1.15. The highest BCUT2D eigenvalue weighted by molar-refractivity contribution is 5.51. The van der Waals surface area contributed by atoms with Gasteiger partial charge in [-0.15, -0.1) is 0 Å². The third-order valence-electron chi connectivity index (χ3n) is 1.95. The summed E-state index contributed by atoms with van der Waals surface area (Å²) in [5, 5.41) is 20.4. The average Bonchev–Trinajstić information content (AvgIpc) is 2.16. The van der Waals surface area contributed by atoms with Crippen molar-refractivity contribution in [2.24, 2.45) is 0 Å². The van der Waals surface area contributed by atoms with Gasteiger partial charge in [-0.25, -0.2) is 4.39 Å². The van der Waals surface area contributed by atoms with E-state index in [1.807, 2.05) is 0 Å². The van der Waals surface area contributed by atoms with E-state index in [-0.39, 0.29) is 19.0 Å². The maximum absolute atomic E-state index is 13.2. The normalized spacial score (nSPS) is 12.6. The molecule has 0 fully saturated rings. The van der Waals surface area contributed by atoms with Gasteiger partial charge in [-0.2, -0.15) is 0 Å². The number of benzene rings is 1. The third-order valence-corrected chi connectivity index (χ3v) is 1.95. The summed E-state index contributed by atoms with van der Waals surface area (Å²) in [6.45, 7) is 1.58. The van der Waals surface area contributed by atoms with E-state index < -0.39 is 6.10 Å². The summed E-state index contributed by atoms with van der Waals surface area (Å²) in [6.07, 6.45) is -0.867. The first-order valence-electron chi connectivity index (χ1n) is 4.43. The van der Waals surface area contributed by atoms with Crippen LogP contribution >= 0.6 is 0 Å². The van der Waals surface area contributed by atoms with E-state index in [0.717, 1.165) is 5.56 Å². The van der Waals surface area contributed by atoms with Crippen LogP contribution in [0, 0.1) is 12.7 Å². The fraction of sp³-hybridized carbons (Fsp3) is 0.400. The summed E-state index contributed by atoms with van der Waals surface area (Å²) in [4.78, 5) is 0. The Labute approximate surface area is 82.2 Å². The second kappa shape index (κ2) is 4.93. The molecular formula is C10H14FNO2. The van der Waals surface area contributed by atoms with Gasteiger partial charge in [-0.1, -0.05) is 12.1 Å². The van der Waals surface area contributed by atoms with Crippen LogP contribution < -0.4 is 5.32 Å². The zero-order valence-electron chi connectivity index (χ0n) is 8.00. The topological polar surface area (TPSA) is 52.5 Å². The highest BCUT2D eigenvalue weighted by Gasteiger charge is 2.06. The number of halogens is 1. The molecular weight excluding hydrogens is 185 g/mol.